The predicted octanol–water partition coefficient (Wildman–Crippen LogP) is 1.38. The van der Waals surface area contributed by atoms with Crippen molar-refractivity contribution in [1.82, 2.24) is 15.0 Å². The molecule has 6 N–H and O–H groups in total. The molecule has 2 aliphatic rings. The highest BCUT2D eigenvalue weighted by Crippen LogP contribution is 2.45. The number of hydrogen-bond acceptors (Lipinski definition) is 8. The van der Waals surface area contributed by atoms with Crippen LogP contribution in [0, 0.1) is 0 Å². The summed E-state index contributed by atoms with van der Waals surface area (Å²) >= 11 is 0. The van der Waals surface area contributed by atoms with Gasteiger partial charge in [0.15, 0.2) is 17.3 Å². The van der Waals surface area contributed by atoms with Gasteiger partial charge in [-0.25, -0.2) is 4.79 Å². The molecule has 1 aliphatic carbocycles. The maximum absolute atomic E-state index is 12.6. The van der Waals surface area contributed by atoms with Crippen molar-refractivity contribution in [2.45, 2.75) is 37.8 Å². The van der Waals surface area contributed by atoms with E-state index >= 15 is 0 Å². The summed E-state index contributed by atoms with van der Waals surface area (Å²) in [4.78, 5) is 16.8. The van der Waals surface area contributed by atoms with Crippen molar-refractivity contribution < 1.29 is 9.47 Å². The number of benzene rings is 1. The third-order valence-corrected chi connectivity index (χ3v) is 5.07. The molecule has 0 unspecified atom stereocenters. The van der Waals surface area contributed by atoms with Gasteiger partial charge in [-0.05, 0) is 37.8 Å². The molecular formula is C18H24N6O3. The third kappa shape index (κ3) is 3.48. The zero-order chi connectivity index (χ0) is 18.8. The van der Waals surface area contributed by atoms with Crippen LogP contribution in [0.2, 0.25) is 0 Å². The summed E-state index contributed by atoms with van der Waals surface area (Å²) in [6.45, 7) is 0.798. The summed E-state index contributed by atoms with van der Waals surface area (Å²) < 4.78 is 13.3. The molecule has 9 heteroatoms. The van der Waals surface area contributed by atoms with Gasteiger partial charge in [0, 0.05) is 18.6 Å². The fourth-order valence-corrected chi connectivity index (χ4v) is 3.64. The molecule has 0 spiro atoms. The van der Waals surface area contributed by atoms with Crippen molar-refractivity contribution in [3.05, 3.63) is 34.9 Å². The van der Waals surface area contributed by atoms with E-state index in [0.717, 1.165) is 25.7 Å². The molecule has 0 bridgehead atoms. The quantitative estimate of drug-likeness (QED) is 0.390. The van der Waals surface area contributed by atoms with Gasteiger partial charge in [-0.15, -0.1) is 0 Å². The number of anilines is 2. The molecule has 1 aromatic carbocycles. The van der Waals surface area contributed by atoms with Crippen molar-refractivity contribution in [3.8, 4) is 17.2 Å². The summed E-state index contributed by atoms with van der Waals surface area (Å²) in [7, 11) is 0. The Morgan fingerprint density at radius 2 is 2.11 bits per heavy atom. The lowest BCUT2D eigenvalue weighted by Gasteiger charge is -2.30. The Morgan fingerprint density at radius 1 is 1.30 bits per heavy atom. The van der Waals surface area contributed by atoms with Crippen LogP contribution in [0.15, 0.2) is 29.2 Å². The van der Waals surface area contributed by atoms with Gasteiger partial charge in [0.2, 0.25) is 0 Å². The van der Waals surface area contributed by atoms with Crippen LogP contribution in [0.25, 0.3) is 0 Å². The van der Waals surface area contributed by atoms with Crippen LogP contribution in [-0.4, -0.2) is 28.7 Å². The average Bonchev–Trinajstić information content (AvgIpc) is 2.70. The van der Waals surface area contributed by atoms with E-state index in [-0.39, 0.29) is 11.7 Å². The Kier molecular flexibility index (Phi) is 4.97. The van der Waals surface area contributed by atoms with Crippen LogP contribution < -0.4 is 37.5 Å². The number of nitrogens with zero attached hydrogens (tertiary/aromatic N) is 2. The van der Waals surface area contributed by atoms with Crippen molar-refractivity contribution >= 4 is 11.5 Å². The van der Waals surface area contributed by atoms with Gasteiger partial charge < -0.3 is 20.5 Å². The highest BCUT2D eigenvalue weighted by molar-refractivity contribution is 5.77. The van der Waals surface area contributed by atoms with Crippen LogP contribution in [0.5, 0.6) is 17.2 Å². The Bertz CT molecular complexity index is 876. The summed E-state index contributed by atoms with van der Waals surface area (Å²) in [5.41, 5.74) is 8.68. The Hall–Kier alpha value is -2.62. The van der Waals surface area contributed by atoms with E-state index < -0.39 is 0 Å². The number of nitrogens with one attached hydrogen (secondary N) is 2. The van der Waals surface area contributed by atoms with E-state index in [1.54, 1.807) is 10.8 Å². The predicted molar refractivity (Wildman–Crippen MR) is 101 cm³/mol. The second kappa shape index (κ2) is 7.55. The van der Waals surface area contributed by atoms with Gasteiger partial charge >= 0.3 is 5.69 Å². The van der Waals surface area contributed by atoms with Gasteiger partial charge in [-0.2, -0.15) is 4.98 Å². The minimum Gasteiger partial charge on any atom is -0.490 e. The summed E-state index contributed by atoms with van der Waals surface area (Å²) in [5.74, 6) is 7.68. The molecule has 27 heavy (non-hydrogen) atoms. The fraction of sp³-hybridized carbons (Fsp3) is 0.444. The Morgan fingerprint density at radius 3 is 2.85 bits per heavy atom. The lowest BCUT2D eigenvalue weighted by molar-refractivity contribution is 0.284. The number of hydrogen-bond donors (Lipinski definition) is 4. The van der Waals surface area contributed by atoms with E-state index in [2.05, 4.69) is 15.7 Å². The number of aromatic nitrogens is 2. The molecule has 9 nitrogen and oxygen atoms in total. The first kappa shape index (κ1) is 17.8. The van der Waals surface area contributed by atoms with Gasteiger partial charge in [0.25, 0.3) is 0 Å². The molecule has 1 saturated carbocycles. The zero-order valence-corrected chi connectivity index (χ0v) is 15.0. The number of rotatable bonds is 5. The van der Waals surface area contributed by atoms with Crippen LogP contribution in [-0.2, 0) is 0 Å². The molecule has 0 atom stereocenters. The van der Waals surface area contributed by atoms with E-state index in [1.165, 1.54) is 0 Å². The van der Waals surface area contributed by atoms with Gasteiger partial charge in [-0.1, -0.05) is 6.07 Å². The second-order valence-corrected chi connectivity index (χ2v) is 6.81. The minimum atomic E-state index is -0.294. The van der Waals surface area contributed by atoms with Crippen LogP contribution in [0.1, 0.15) is 31.7 Å². The highest BCUT2D eigenvalue weighted by atomic mass is 16.5. The monoisotopic (exact) mass is 372 g/mol. The summed E-state index contributed by atoms with van der Waals surface area (Å²) in [6.07, 6.45) is 5.34. The normalized spacial score (nSPS) is 20.8. The largest absolute Gasteiger partial charge is 0.490 e. The summed E-state index contributed by atoms with van der Waals surface area (Å²) in [5, 5.41) is 3.16. The van der Waals surface area contributed by atoms with Gasteiger partial charge in [0.1, 0.15) is 18.0 Å². The van der Waals surface area contributed by atoms with E-state index in [9.17, 15) is 4.79 Å². The molecule has 1 aliphatic heterocycles. The zero-order valence-electron chi connectivity index (χ0n) is 15.0. The number of para-hydroxylation sites is 1. The maximum atomic E-state index is 12.6. The molecule has 2 heterocycles. The number of hydrazine groups is 1. The standard InChI is InChI=1S/C18H24N6O3/c19-8-9-26-13-2-1-3-14-16(13)21-17-15(27-14)10-24(18(25)22-17)12-6-4-11(23-20)5-7-12/h1-3,10-12,23H,4-9,19-20H2,(H,21,22,25)/t11-,12-. The Balaban J connectivity index is 1.60. The topological polar surface area (TPSA) is 129 Å². The first-order valence-electron chi connectivity index (χ1n) is 9.19. The second-order valence-electron chi connectivity index (χ2n) is 6.81. The van der Waals surface area contributed by atoms with Crippen LogP contribution in [0.3, 0.4) is 0 Å². The van der Waals surface area contributed by atoms with E-state index in [0.29, 0.717) is 47.9 Å². The third-order valence-electron chi connectivity index (χ3n) is 5.07. The van der Waals surface area contributed by atoms with E-state index in [4.69, 9.17) is 21.1 Å². The lowest BCUT2D eigenvalue weighted by Crippen LogP contribution is -2.39. The van der Waals surface area contributed by atoms with Crippen LogP contribution >= 0.6 is 0 Å². The first-order chi connectivity index (χ1) is 13.2. The fourth-order valence-electron chi connectivity index (χ4n) is 3.64. The molecule has 0 radical (unpaired) electrons. The van der Waals surface area contributed by atoms with Crippen molar-refractivity contribution in [3.63, 3.8) is 0 Å². The maximum Gasteiger partial charge on any atom is 0.350 e. The van der Waals surface area contributed by atoms with Crippen molar-refractivity contribution in [1.29, 1.82) is 0 Å². The number of nitrogens with two attached hydrogens (primary N) is 2. The molecule has 1 aromatic heterocycles. The molecule has 2 aromatic rings. The minimum absolute atomic E-state index is 0.101. The number of ether oxygens (including phenoxy) is 2. The highest BCUT2D eigenvalue weighted by Gasteiger charge is 2.26. The van der Waals surface area contributed by atoms with Gasteiger partial charge in [0.05, 0.1) is 6.20 Å². The van der Waals surface area contributed by atoms with Gasteiger partial charge in [-0.3, -0.25) is 15.8 Å². The van der Waals surface area contributed by atoms with Crippen LogP contribution in [0.4, 0.5) is 11.5 Å². The molecule has 144 valence electrons. The smallest absolute Gasteiger partial charge is 0.350 e. The first-order valence-corrected chi connectivity index (χ1v) is 9.19. The number of fused-ring (bicyclic) bond motifs is 2. The SMILES string of the molecule is NCCOc1cccc2c1Nc1nc(=O)n([C@H]3CC[C@H](NN)CC3)cc1O2. The lowest BCUT2D eigenvalue weighted by atomic mass is 9.91. The molecule has 1 fully saturated rings. The Labute approximate surface area is 156 Å². The molecular weight excluding hydrogens is 348 g/mol. The molecule has 0 saturated heterocycles. The van der Waals surface area contributed by atoms with Crippen molar-refractivity contribution in [2.24, 2.45) is 11.6 Å². The molecule has 0 amide bonds. The average molecular weight is 372 g/mol. The van der Waals surface area contributed by atoms with E-state index in [1.807, 2.05) is 18.2 Å². The van der Waals surface area contributed by atoms with Crippen molar-refractivity contribution in [2.75, 3.05) is 18.5 Å². The molecule has 4 rings (SSSR count). The summed E-state index contributed by atoms with van der Waals surface area (Å²) in [6, 6.07) is 5.92.